The molecule has 0 aliphatic carbocycles. The normalized spacial score (nSPS) is 9.43. The van der Waals surface area contributed by atoms with E-state index >= 15 is 0 Å². The molecule has 0 amide bonds. The van der Waals surface area contributed by atoms with E-state index in [1.54, 1.807) is 3.71 Å². The highest BCUT2D eigenvalue weighted by Gasteiger charge is 1.83. The summed E-state index contributed by atoms with van der Waals surface area (Å²) in [6.45, 7) is 1.94. The monoisotopic (exact) mass is 160 g/mol. The van der Waals surface area contributed by atoms with Crippen molar-refractivity contribution in [3.63, 3.8) is 0 Å². The molecular weight excluding hydrogens is 156 g/mol. The van der Waals surface area contributed by atoms with E-state index in [1.807, 2.05) is 19.2 Å². The van der Waals surface area contributed by atoms with Crippen molar-refractivity contribution in [2.24, 2.45) is 0 Å². The molecule has 38 valence electrons. The first kappa shape index (κ1) is 4.84. The number of hydrogen-bond donors (Lipinski definition) is 0. The summed E-state index contributed by atoms with van der Waals surface area (Å²) in [6.07, 6.45) is 1.84. The minimum atomic E-state index is 1.02. The van der Waals surface area contributed by atoms with Gasteiger partial charge in [0, 0.05) is 6.20 Å². The first-order valence-corrected chi connectivity index (χ1v) is 2.68. The molecular formula is C4H5BrN2. The lowest BCUT2D eigenvalue weighted by Crippen LogP contribution is -1.76. The molecule has 0 unspecified atom stereocenters. The molecule has 0 aliphatic rings. The maximum Gasteiger partial charge on any atom is 0.0743 e. The molecule has 1 rings (SSSR count). The van der Waals surface area contributed by atoms with Crippen molar-refractivity contribution in [3.8, 4) is 0 Å². The number of aryl methyl sites for hydroxylation is 1. The van der Waals surface area contributed by atoms with Crippen molar-refractivity contribution in [1.29, 1.82) is 0 Å². The second-order valence-corrected chi connectivity index (χ2v) is 2.07. The van der Waals surface area contributed by atoms with Gasteiger partial charge < -0.3 is 0 Å². The fourth-order valence-corrected chi connectivity index (χ4v) is 0.755. The Labute approximate surface area is 50.5 Å². The summed E-state index contributed by atoms with van der Waals surface area (Å²) in [5.41, 5.74) is 1.02. The lowest BCUT2D eigenvalue weighted by molar-refractivity contribution is 0.998. The minimum absolute atomic E-state index is 1.02. The van der Waals surface area contributed by atoms with E-state index in [1.165, 1.54) is 0 Å². The van der Waals surface area contributed by atoms with Crippen molar-refractivity contribution in [1.82, 2.24) is 8.81 Å². The van der Waals surface area contributed by atoms with Crippen LogP contribution < -0.4 is 0 Å². The second-order valence-electron chi connectivity index (χ2n) is 1.35. The highest BCUT2D eigenvalue weighted by atomic mass is 79.9. The van der Waals surface area contributed by atoms with Gasteiger partial charge in [-0.05, 0) is 13.0 Å². The Kier molecular flexibility index (Phi) is 1.15. The van der Waals surface area contributed by atoms with Crippen LogP contribution in [0.3, 0.4) is 0 Å². The Hall–Kier alpha value is -0.310. The van der Waals surface area contributed by atoms with Crippen molar-refractivity contribution in [2.75, 3.05) is 0 Å². The van der Waals surface area contributed by atoms with Crippen LogP contribution in [0, 0.1) is 6.92 Å². The van der Waals surface area contributed by atoms with Crippen LogP contribution in [0.5, 0.6) is 0 Å². The molecule has 0 saturated heterocycles. The Bertz CT molecular complexity index is 142. The first-order valence-electron chi connectivity index (χ1n) is 1.97. The number of rotatable bonds is 0. The molecule has 3 heteroatoms. The van der Waals surface area contributed by atoms with Gasteiger partial charge in [-0.3, -0.25) is 0 Å². The molecule has 0 saturated carbocycles. The molecule has 1 heterocycles. The van der Waals surface area contributed by atoms with Crippen LogP contribution in [0.4, 0.5) is 0 Å². The summed E-state index contributed by atoms with van der Waals surface area (Å²) in [7, 11) is 0. The Balaban J connectivity index is 3.04. The largest absolute Gasteiger partial charge is 0.205 e. The van der Waals surface area contributed by atoms with E-state index in [2.05, 4.69) is 21.2 Å². The molecule has 0 bridgehead atoms. The smallest absolute Gasteiger partial charge is 0.0743 e. The van der Waals surface area contributed by atoms with Gasteiger partial charge in [0.15, 0.2) is 0 Å². The van der Waals surface area contributed by atoms with Gasteiger partial charge in [0.2, 0.25) is 0 Å². The van der Waals surface area contributed by atoms with E-state index in [4.69, 9.17) is 0 Å². The van der Waals surface area contributed by atoms with Crippen LogP contribution in [0.2, 0.25) is 0 Å². The predicted molar refractivity (Wildman–Crippen MR) is 31.3 cm³/mol. The summed E-state index contributed by atoms with van der Waals surface area (Å²) in [5.74, 6) is 0. The zero-order chi connectivity index (χ0) is 5.28. The summed E-state index contributed by atoms with van der Waals surface area (Å²) in [4.78, 5) is 0. The lowest BCUT2D eigenvalue weighted by Gasteiger charge is -1.76. The van der Waals surface area contributed by atoms with Gasteiger partial charge in [0.1, 0.15) is 0 Å². The maximum atomic E-state index is 3.94. The summed E-state index contributed by atoms with van der Waals surface area (Å²) < 4.78 is 1.60. The minimum Gasteiger partial charge on any atom is -0.205 e. The maximum absolute atomic E-state index is 3.94. The molecule has 0 fully saturated rings. The second kappa shape index (κ2) is 1.66. The molecule has 2 nitrogen and oxygen atoms in total. The quantitative estimate of drug-likeness (QED) is 0.561. The average Bonchev–Trinajstić information content (AvgIpc) is 1.87. The van der Waals surface area contributed by atoms with Crippen molar-refractivity contribution < 1.29 is 0 Å². The van der Waals surface area contributed by atoms with E-state index in [9.17, 15) is 0 Å². The molecule has 0 aliphatic heterocycles. The van der Waals surface area contributed by atoms with E-state index in [-0.39, 0.29) is 0 Å². The number of hydrogen-bond acceptors (Lipinski definition) is 1. The molecule has 1 aromatic heterocycles. The number of nitrogens with zero attached hydrogens (tertiary/aromatic N) is 2. The van der Waals surface area contributed by atoms with E-state index < -0.39 is 0 Å². The van der Waals surface area contributed by atoms with Gasteiger partial charge in [-0.2, -0.15) is 5.10 Å². The predicted octanol–water partition coefficient (Wildman–Crippen LogP) is 1.35. The van der Waals surface area contributed by atoms with Crippen LogP contribution >= 0.6 is 16.1 Å². The summed E-state index contributed by atoms with van der Waals surface area (Å²) >= 11 is 3.14. The topological polar surface area (TPSA) is 17.8 Å². The van der Waals surface area contributed by atoms with Gasteiger partial charge in [-0.1, -0.05) is 0 Å². The first-order chi connectivity index (χ1) is 3.29. The molecule has 0 aromatic carbocycles. The van der Waals surface area contributed by atoms with Crippen LogP contribution in [0.1, 0.15) is 5.69 Å². The van der Waals surface area contributed by atoms with E-state index in [0.29, 0.717) is 0 Å². The Morgan fingerprint density at radius 3 is 2.71 bits per heavy atom. The number of aromatic nitrogens is 2. The summed E-state index contributed by atoms with van der Waals surface area (Å²) in [5, 5.41) is 3.94. The van der Waals surface area contributed by atoms with E-state index in [0.717, 1.165) is 5.69 Å². The van der Waals surface area contributed by atoms with Gasteiger partial charge in [-0.15, -0.1) is 0 Å². The average molecular weight is 161 g/mol. The van der Waals surface area contributed by atoms with Crippen molar-refractivity contribution in [2.45, 2.75) is 6.92 Å². The van der Waals surface area contributed by atoms with Crippen molar-refractivity contribution in [3.05, 3.63) is 18.0 Å². The van der Waals surface area contributed by atoms with Gasteiger partial charge in [0.05, 0.1) is 21.8 Å². The standard InChI is InChI=1S/C4H5BrN2/c1-4-2-3-7(5)6-4/h2-3H,1H3. The third kappa shape index (κ3) is 1.03. The Morgan fingerprint density at radius 2 is 2.57 bits per heavy atom. The van der Waals surface area contributed by atoms with Crippen LogP contribution in [0.25, 0.3) is 0 Å². The molecule has 7 heavy (non-hydrogen) atoms. The lowest BCUT2D eigenvalue weighted by atomic mass is 10.5. The molecule has 0 spiro atoms. The van der Waals surface area contributed by atoms with Crippen LogP contribution in [-0.4, -0.2) is 8.81 Å². The highest BCUT2D eigenvalue weighted by Crippen LogP contribution is 1.93. The molecule has 1 aromatic rings. The zero-order valence-corrected chi connectivity index (χ0v) is 5.51. The summed E-state index contributed by atoms with van der Waals surface area (Å²) in [6, 6.07) is 1.93. The SMILES string of the molecule is Cc1ccn(Br)n1. The molecule has 0 radical (unpaired) electrons. The molecule has 0 atom stereocenters. The van der Waals surface area contributed by atoms with Crippen LogP contribution in [0.15, 0.2) is 12.3 Å². The molecule has 0 N–H and O–H groups in total. The van der Waals surface area contributed by atoms with Gasteiger partial charge in [-0.25, -0.2) is 3.71 Å². The fourth-order valence-electron chi connectivity index (χ4n) is 0.387. The third-order valence-electron chi connectivity index (χ3n) is 0.692. The van der Waals surface area contributed by atoms with Gasteiger partial charge >= 0.3 is 0 Å². The van der Waals surface area contributed by atoms with Crippen LogP contribution in [-0.2, 0) is 0 Å². The number of halogens is 1. The third-order valence-corrected chi connectivity index (χ3v) is 1.09. The van der Waals surface area contributed by atoms with Crippen molar-refractivity contribution >= 4 is 16.1 Å². The highest BCUT2D eigenvalue weighted by molar-refractivity contribution is 9.08. The van der Waals surface area contributed by atoms with Gasteiger partial charge in [0.25, 0.3) is 0 Å². The fraction of sp³-hybridized carbons (Fsp3) is 0.250. The zero-order valence-electron chi connectivity index (χ0n) is 3.93. The Morgan fingerprint density at radius 1 is 1.86 bits per heavy atom.